The fourth-order valence-corrected chi connectivity index (χ4v) is 0.870. The van der Waals surface area contributed by atoms with Gasteiger partial charge in [-0.2, -0.15) is 0 Å². The van der Waals surface area contributed by atoms with E-state index in [-0.39, 0.29) is 0 Å². The van der Waals surface area contributed by atoms with Gasteiger partial charge in [-0.3, -0.25) is 0 Å². The molecule has 11 heavy (non-hydrogen) atoms. The van der Waals surface area contributed by atoms with Crippen molar-refractivity contribution in [2.45, 2.75) is 34.1 Å². The van der Waals surface area contributed by atoms with Gasteiger partial charge < -0.3 is 0 Å². The lowest BCUT2D eigenvalue weighted by atomic mass is 10.5. The molecule has 0 aromatic heterocycles. The molecule has 0 N–H and O–H groups in total. The predicted molar refractivity (Wildman–Crippen MR) is 52.6 cm³/mol. The fraction of sp³-hybridized carbons (Fsp3) is 1.00. The summed E-state index contributed by atoms with van der Waals surface area (Å²) < 4.78 is 0. The van der Waals surface area contributed by atoms with Crippen molar-refractivity contribution in [1.82, 2.24) is 10.0 Å². The molecule has 1 aliphatic heterocycles. The monoisotopic (exact) mass is 160 g/mol. The lowest BCUT2D eigenvalue weighted by Gasteiger charge is -2.16. The van der Waals surface area contributed by atoms with E-state index in [1.165, 1.54) is 19.5 Å². The van der Waals surface area contributed by atoms with Crippen molar-refractivity contribution in [2.24, 2.45) is 0 Å². The summed E-state index contributed by atoms with van der Waals surface area (Å²) in [6, 6.07) is 0. The van der Waals surface area contributed by atoms with Crippen molar-refractivity contribution in [3.05, 3.63) is 0 Å². The molecule has 0 aromatic rings. The summed E-state index contributed by atoms with van der Waals surface area (Å²) in [5, 5.41) is 4.47. The maximum absolute atomic E-state index is 2.24. The molecule has 0 aliphatic carbocycles. The van der Waals surface area contributed by atoms with Crippen LogP contribution in [0.25, 0.3) is 0 Å². The standard InChI is InChI=1S/C5H12N2.2C2H6/c1-6-4-3-5-7(6)2;2*1-2/h3-5H2,1-2H3;2*1-2H3. The van der Waals surface area contributed by atoms with Gasteiger partial charge in [-0.05, 0) is 6.42 Å². The minimum absolute atomic E-state index is 1.23. The van der Waals surface area contributed by atoms with Gasteiger partial charge in [0.05, 0.1) is 0 Å². The average molecular weight is 160 g/mol. The minimum Gasteiger partial charge on any atom is -0.245 e. The van der Waals surface area contributed by atoms with Gasteiger partial charge in [0.1, 0.15) is 0 Å². The lowest BCUT2D eigenvalue weighted by Crippen LogP contribution is -2.28. The van der Waals surface area contributed by atoms with E-state index in [2.05, 4.69) is 24.1 Å². The quantitative estimate of drug-likeness (QED) is 0.536. The second-order valence-electron chi connectivity index (χ2n) is 2.12. The van der Waals surface area contributed by atoms with Crippen molar-refractivity contribution >= 4 is 0 Å². The van der Waals surface area contributed by atoms with E-state index in [1.54, 1.807) is 0 Å². The molecular formula is C9H24N2. The number of nitrogens with zero attached hydrogens (tertiary/aromatic N) is 2. The van der Waals surface area contributed by atoms with E-state index in [1.807, 2.05) is 27.7 Å². The Kier molecular flexibility index (Phi) is 12.2. The Morgan fingerprint density at radius 3 is 1.09 bits per heavy atom. The first-order chi connectivity index (χ1) is 5.30. The number of hydrogen-bond donors (Lipinski definition) is 0. The van der Waals surface area contributed by atoms with Gasteiger partial charge in [0.25, 0.3) is 0 Å². The number of hydrogen-bond acceptors (Lipinski definition) is 2. The second-order valence-corrected chi connectivity index (χ2v) is 2.12. The second kappa shape index (κ2) is 9.92. The van der Waals surface area contributed by atoms with E-state index in [0.29, 0.717) is 0 Å². The van der Waals surface area contributed by atoms with Crippen LogP contribution < -0.4 is 0 Å². The van der Waals surface area contributed by atoms with Gasteiger partial charge in [-0.25, -0.2) is 10.0 Å². The average Bonchev–Trinajstić information content (AvgIpc) is 2.44. The predicted octanol–water partition coefficient (Wildman–Crippen LogP) is 2.22. The van der Waals surface area contributed by atoms with E-state index in [0.717, 1.165) is 0 Å². The summed E-state index contributed by atoms with van der Waals surface area (Å²) in [4.78, 5) is 0. The van der Waals surface area contributed by atoms with Crippen LogP contribution in [0.3, 0.4) is 0 Å². The molecule has 70 valence electrons. The van der Waals surface area contributed by atoms with Crippen LogP contribution in [0.15, 0.2) is 0 Å². The van der Waals surface area contributed by atoms with Crippen LogP contribution in [-0.4, -0.2) is 37.2 Å². The minimum atomic E-state index is 1.23. The molecule has 0 spiro atoms. The molecule has 0 saturated carbocycles. The highest BCUT2D eigenvalue weighted by Gasteiger charge is 2.11. The molecule has 2 heteroatoms. The highest BCUT2D eigenvalue weighted by Crippen LogP contribution is 2.01. The molecule has 0 atom stereocenters. The maximum Gasteiger partial charge on any atom is 0.0142 e. The summed E-state index contributed by atoms with van der Waals surface area (Å²) in [5.41, 5.74) is 0. The van der Waals surface area contributed by atoms with Crippen molar-refractivity contribution in [2.75, 3.05) is 27.2 Å². The molecule has 0 unspecified atom stereocenters. The number of hydrazine groups is 1. The Labute approximate surface area is 72.2 Å². The largest absolute Gasteiger partial charge is 0.245 e. The normalized spacial score (nSPS) is 18.0. The summed E-state index contributed by atoms with van der Waals surface area (Å²) in [6.07, 6.45) is 1.33. The molecular weight excluding hydrogens is 136 g/mol. The van der Waals surface area contributed by atoms with Gasteiger partial charge in [0, 0.05) is 27.2 Å². The van der Waals surface area contributed by atoms with Crippen LogP contribution in [0.4, 0.5) is 0 Å². The highest BCUT2D eigenvalue weighted by molar-refractivity contribution is 4.57. The van der Waals surface area contributed by atoms with Crippen molar-refractivity contribution in [3.8, 4) is 0 Å². The van der Waals surface area contributed by atoms with Crippen molar-refractivity contribution in [3.63, 3.8) is 0 Å². The zero-order chi connectivity index (χ0) is 9.28. The van der Waals surface area contributed by atoms with Gasteiger partial charge >= 0.3 is 0 Å². The zero-order valence-electron chi connectivity index (χ0n) is 9.02. The van der Waals surface area contributed by atoms with E-state index in [9.17, 15) is 0 Å². The molecule has 2 nitrogen and oxygen atoms in total. The van der Waals surface area contributed by atoms with Gasteiger partial charge in [-0.1, -0.05) is 27.7 Å². The molecule has 1 fully saturated rings. The first kappa shape index (κ1) is 13.5. The maximum atomic E-state index is 2.24. The first-order valence-corrected chi connectivity index (χ1v) is 4.73. The van der Waals surface area contributed by atoms with Crippen LogP contribution in [-0.2, 0) is 0 Å². The van der Waals surface area contributed by atoms with E-state index >= 15 is 0 Å². The zero-order valence-corrected chi connectivity index (χ0v) is 9.02. The highest BCUT2D eigenvalue weighted by atomic mass is 15.6. The number of rotatable bonds is 0. The topological polar surface area (TPSA) is 6.48 Å². The van der Waals surface area contributed by atoms with E-state index in [4.69, 9.17) is 0 Å². The molecule has 0 aromatic carbocycles. The van der Waals surface area contributed by atoms with Gasteiger partial charge in [-0.15, -0.1) is 0 Å². The molecule has 0 amide bonds. The smallest absolute Gasteiger partial charge is 0.0142 e. The third kappa shape index (κ3) is 6.32. The van der Waals surface area contributed by atoms with Crippen LogP contribution >= 0.6 is 0 Å². The molecule has 1 saturated heterocycles. The molecule has 0 bridgehead atoms. The Hall–Kier alpha value is -0.0800. The summed E-state index contributed by atoms with van der Waals surface area (Å²) in [6.45, 7) is 10.5. The van der Waals surface area contributed by atoms with Gasteiger partial charge in [0.15, 0.2) is 0 Å². The van der Waals surface area contributed by atoms with Crippen LogP contribution in [0.5, 0.6) is 0 Å². The van der Waals surface area contributed by atoms with E-state index < -0.39 is 0 Å². The van der Waals surface area contributed by atoms with Crippen LogP contribution in [0.2, 0.25) is 0 Å². The SMILES string of the molecule is CC.CC.CN1CCCN1C. The summed E-state index contributed by atoms with van der Waals surface area (Å²) >= 11 is 0. The van der Waals surface area contributed by atoms with Crippen LogP contribution in [0.1, 0.15) is 34.1 Å². The van der Waals surface area contributed by atoms with Crippen molar-refractivity contribution < 1.29 is 0 Å². The molecule has 1 rings (SSSR count). The van der Waals surface area contributed by atoms with Crippen LogP contribution in [0, 0.1) is 0 Å². The summed E-state index contributed by atoms with van der Waals surface area (Å²) in [7, 11) is 4.24. The Morgan fingerprint density at radius 2 is 1.00 bits per heavy atom. The molecule has 0 radical (unpaired) electrons. The third-order valence-electron chi connectivity index (χ3n) is 1.55. The Bertz CT molecular complexity index is 56.6. The third-order valence-corrected chi connectivity index (χ3v) is 1.55. The van der Waals surface area contributed by atoms with Crippen molar-refractivity contribution in [1.29, 1.82) is 0 Å². The molecule has 1 heterocycles. The fourth-order valence-electron chi connectivity index (χ4n) is 0.870. The Morgan fingerprint density at radius 1 is 0.727 bits per heavy atom. The molecule has 1 aliphatic rings. The summed E-state index contributed by atoms with van der Waals surface area (Å²) in [5.74, 6) is 0. The first-order valence-electron chi connectivity index (χ1n) is 4.73. The lowest BCUT2D eigenvalue weighted by molar-refractivity contribution is 0.0894. The Balaban J connectivity index is 0. The van der Waals surface area contributed by atoms with Gasteiger partial charge in [0.2, 0.25) is 0 Å².